The Balaban J connectivity index is 1.60. The summed E-state index contributed by atoms with van der Waals surface area (Å²) in [7, 11) is 0. The van der Waals surface area contributed by atoms with Crippen LogP contribution in [0.25, 0.3) is 11.4 Å². The molecule has 0 aliphatic heterocycles. The first-order valence-corrected chi connectivity index (χ1v) is 7.98. The van der Waals surface area contributed by atoms with Gasteiger partial charge in [-0.3, -0.25) is 14.9 Å². The van der Waals surface area contributed by atoms with Gasteiger partial charge in [0.1, 0.15) is 0 Å². The van der Waals surface area contributed by atoms with Crippen LogP contribution in [-0.4, -0.2) is 21.0 Å². The Morgan fingerprint density at radius 1 is 1.19 bits per heavy atom. The topological polar surface area (TPSA) is 111 Å². The van der Waals surface area contributed by atoms with Crippen molar-refractivity contribution in [3.63, 3.8) is 0 Å². The Bertz CT molecular complexity index is 940. The van der Waals surface area contributed by atoms with Gasteiger partial charge in [0.15, 0.2) is 0 Å². The predicted molar refractivity (Wildman–Crippen MR) is 93.4 cm³/mol. The van der Waals surface area contributed by atoms with Crippen molar-refractivity contribution in [2.45, 2.75) is 13.0 Å². The van der Waals surface area contributed by atoms with E-state index in [1.807, 2.05) is 0 Å². The molecule has 0 aliphatic rings. The van der Waals surface area contributed by atoms with Crippen molar-refractivity contribution in [3.8, 4) is 11.4 Å². The number of para-hydroxylation sites is 1. The first kappa shape index (κ1) is 17.6. The summed E-state index contributed by atoms with van der Waals surface area (Å²) in [6.07, 6.45) is -0.116. The Morgan fingerprint density at radius 2 is 1.92 bits per heavy atom. The zero-order valence-corrected chi connectivity index (χ0v) is 14.1. The number of nitrogens with zero attached hydrogens (tertiary/aromatic N) is 3. The minimum atomic E-state index is -0.515. The number of hydrogen-bond acceptors (Lipinski definition) is 6. The molecule has 3 rings (SSSR count). The molecule has 0 unspecified atom stereocenters. The molecule has 0 aliphatic carbocycles. The van der Waals surface area contributed by atoms with Crippen LogP contribution in [0.15, 0.2) is 53.1 Å². The number of nitrogens with one attached hydrogen (secondary N) is 1. The van der Waals surface area contributed by atoms with Crippen LogP contribution in [0, 0.1) is 10.1 Å². The second-order valence-corrected chi connectivity index (χ2v) is 5.79. The van der Waals surface area contributed by atoms with E-state index in [1.54, 1.807) is 42.5 Å². The molecule has 0 atom stereocenters. The SMILES string of the molecule is O=C(Cc1ccccc1[N+](=O)[O-])NCc1nc(-c2ccc(Cl)cc2)no1. The van der Waals surface area contributed by atoms with Gasteiger partial charge in [0.25, 0.3) is 5.69 Å². The fraction of sp³-hybridized carbons (Fsp3) is 0.118. The Kier molecular flexibility index (Phi) is 5.23. The molecule has 1 amide bonds. The van der Waals surface area contributed by atoms with Crippen LogP contribution in [0.2, 0.25) is 5.02 Å². The highest BCUT2D eigenvalue weighted by molar-refractivity contribution is 6.30. The number of aromatic nitrogens is 2. The third-order valence-electron chi connectivity index (χ3n) is 3.55. The zero-order valence-electron chi connectivity index (χ0n) is 13.4. The summed E-state index contributed by atoms with van der Waals surface area (Å²) in [5.74, 6) is 0.223. The summed E-state index contributed by atoms with van der Waals surface area (Å²) >= 11 is 5.83. The molecule has 1 aromatic heterocycles. The minimum Gasteiger partial charge on any atom is -0.347 e. The summed E-state index contributed by atoms with van der Waals surface area (Å²) in [4.78, 5) is 26.7. The van der Waals surface area contributed by atoms with E-state index in [9.17, 15) is 14.9 Å². The number of benzene rings is 2. The summed E-state index contributed by atoms with van der Waals surface area (Å²) < 4.78 is 5.09. The van der Waals surface area contributed by atoms with Crippen molar-refractivity contribution in [1.82, 2.24) is 15.5 Å². The van der Waals surface area contributed by atoms with Crippen LogP contribution in [0.3, 0.4) is 0 Å². The first-order valence-electron chi connectivity index (χ1n) is 7.60. The first-order chi connectivity index (χ1) is 12.5. The molecule has 0 saturated carbocycles. The second-order valence-electron chi connectivity index (χ2n) is 5.36. The maximum atomic E-state index is 12.0. The second kappa shape index (κ2) is 7.75. The summed E-state index contributed by atoms with van der Waals surface area (Å²) in [5, 5.41) is 18.0. The van der Waals surface area contributed by atoms with Gasteiger partial charge in [0.05, 0.1) is 17.9 Å². The normalized spacial score (nSPS) is 10.5. The average molecular weight is 373 g/mol. The monoisotopic (exact) mass is 372 g/mol. The number of rotatable bonds is 6. The van der Waals surface area contributed by atoms with Crippen LogP contribution >= 0.6 is 11.6 Å². The van der Waals surface area contributed by atoms with E-state index in [0.29, 0.717) is 16.4 Å². The third-order valence-corrected chi connectivity index (χ3v) is 3.80. The van der Waals surface area contributed by atoms with Crippen LogP contribution in [0.4, 0.5) is 5.69 Å². The van der Waals surface area contributed by atoms with Gasteiger partial charge in [0, 0.05) is 22.2 Å². The van der Waals surface area contributed by atoms with Gasteiger partial charge in [-0.1, -0.05) is 35.0 Å². The molecule has 8 nitrogen and oxygen atoms in total. The number of hydrogen-bond donors (Lipinski definition) is 1. The van der Waals surface area contributed by atoms with Gasteiger partial charge in [0.2, 0.25) is 17.6 Å². The quantitative estimate of drug-likeness (QED) is 0.525. The van der Waals surface area contributed by atoms with Crippen LogP contribution < -0.4 is 5.32 Å². The van der Waals surface area contributed by atoms with Gasteiger partial charge < -0.3 is 9.84 Å². The molecule has 1 heterocycles. The lowest BCUT2D eigenvalue weighted by Crippen LogP contribution is -2.25. The highest BCUT2D eigenvalue weighted by Crippen LogP contribution is 2.19. The van der Waals surface area contributed by atoms with Gasteiger partial charge in [-0.2, -0.15) is 4.98 Å². The maximum absolute atomic E-state index is 12.0. The van der Waals surface area contributed by atoms with E-state index in [1.165, 1.54) is 6.07 Å². The number of halogens is 1. The lowest BCUT2D eigenvalue weighted by Gasteiger charge is -2.03. The minimum absolute atomic E-state index is 0.0278. The highest BCUT2D eigenvalue weighted by atomic mass is 35.5. The molecule has 0 spiro atoms. The molecule has 0 fully saturated rings. The van der Waals surface area contributed by atoms with Gasteiger partial charge >= 0.3 is 0 Å². The van der Waals surface area contributed by atoms with E-state index in [4.69, 9.17) is 16.1 Å². The Labute approximate surface area is 152 Å². The standard InChI is InChI=1S/C17H13ClN4O4/c18-13-7-5-11(6-8-13)17-20-16(26-21-17)10-19-15(23)9-12-3-1-2-4-14(12)22(24)25/h1-8H,9-10H2,(H,19,23). The highest BCUT2D eigenvalue weighted by Gasteiger charge is 2.16. The lowest BCUT2D eigenvalue weighted by atomic mass is 10.1. The number of carbonyl (C=O) groups is 1. The molecule has 26 heavy (non-hydrogen) atoms. The summed E-state index contributed by atoms with van der Waals surface area (Å²) in [6.45, 7) is 0.0278. The van der Waals surface area contributed by atoms with E-state index >= 15 is 0 Å². The van der Waals surface area contributed by atoms with Crippen LogP contribution in [0.1, 0.15) is 11.5 Å². The molecule has 132 valence electrons. The van der Waals surface area contributed by atoms with E-state index in [-0.39, 0.29) is 30.5 Å². The summed E-state index contributed by atoms with van der Waals surface area (Å²) in [6, 6.07) is 13.0. The van der Waals surface area contributed by atoms with Crippen molar-refractivity contribution in [1.29, 1.82) is 0 Å². The molecule has 0 bridgehead atoms. The number of carbonyl (C=O) groups excluding carboxylic acids is 1. The third kappa shape index (κ3) is 4.22. The number of nitro groups is 1. The molecule has 1 N–H and O–H groups in total. The van der Waals surface area contributed by atoms with Crippen molar-refractivity contribution < 1.29 is 14.2 Å². The van der Waals surface area contributed by atoms with Gasteiger partial charge in [-0.25, -0.2) is 0 Å². The molecule has 0 saturated heterocycles. The average Bonchev–Trinajstić information content (AvgIpc) is 3.10. The Morgan fingerprint density at radius 3 is 2.65 bits per heavy atom. The largest absolute Gasteiger partial charge is 0.347 e. The molecule has 3 aromatic rings. The van der Waals surface area contributed by atoms with E-state index in [0.717, 1.165) is 5.56 Å². The van der Waals surface area contributed by atoms with Gasteiger partial charge in [-0.15, -0.1) is 0 Å². The predicted octanol–water partition coefficient (Wildman–Crippen LogP) is 3.16. The summed E-state index contributed by atoms with van der Waals surface area (Å²) in [5.41, 5.74) is 0.975. The molecule has 9 heteroatoms. The van der Waals surface area contributed by atoms with Gasteiger partial charge in [-0.05, 0) is 24.3 Å². The van der Waals surface area contributed by atoms with E-state index < -0.39 is 4.92 Å². The zero-order chi connectivity index (χ0) is 18.5. The maximum Gasteiger partial charge on any atom is 0.273 e. The van der Waals surface area contributed by atoms with Crippen LogP contribution in [-0.2, 0) is 17.8 Å². The van der Waals surface area contributed by atoms with Crippen molar-refractivity contribution in [2.24, 2.45) is 0 Å². The van der Waals surface area contributed by atoms with Crippen molar-refractivity contribution >= 4 is 23.2 Å². The smallest absolute Gasteiger partial charge is 0.273 e. The number of nitro benzene ring substituents is 1. The molecule has 2 aromatic carbocycles. The fourth-order valence-corrected chi connectivity index (χ4v) is 2.42. The van der Waals surface area contributed by atoms with Crippen LogP contribution in [0.5, 0.6) is 0 Å². The Hall–Kier alpha value is -3.26. The molecular formula is C17H13ClN4O4. The lowest BCUT2D eigenvalue weighted by molar-refractivity contribution is -0.385. The molecule has 0 radical (unpaired) electrons. The van der Waals surface area contributed by atoms with E-state index in [2.05, 4.69) is 15.5 Å². The number of amides is 1. The molecular weight excluding hydrogens is 360 g/mol. The fourth-order valence-electron chi connectivity index (χ4n) is 2.29. The van der Waals surface area contributed by atoms with Crippen molar-refractivity contribution in [3.05, 3.63) is 75.1 Å². The van der Waals surface area contributed by atoms with Crippen molar-refractivity contribution in [2.75, 3.05) is 0 Å².